The number of carbonyl (C=O) groups excluding carboxylic acids is 2. The van der Waals surface area contributed by atoms with Gasteiger partial charge in [-0.3, -0.25) is 4.79 Å². The molecule has 3 aromatic rings. The van der Waals surface area contributed by atoms with Crippen LogP contribution in [0.2, 0.25) is 0 Å². The van der Waals surface area contributed by atoms with E-state index in [0.29, 0.717) is 11.4 Å². The van der Waals surface area contributed by atoms with Gasteiger partial charge in [0.15, 0.2) is 0 Å². The Morgan fingerprint density at radius 2 is 1.65 bits per heavy atom. The molecule has 3 amide bonds. The predicted octanol–water partition coefficient (Wildman–Crippen LogP) is 2.60. The van der Waals surface area contributed by atoms with E-state index in [1.807, 2.05) is 38.1 Å². The molecule has 0 unspecified atom stereocenters. The van der Waals surface area contributed by atoms with Gasteiger partial charge in [0.2, 0.25) is 5.91 Å². The number of nitrogens with zero attached hydrogens (tertiary/aromatic N) is 3. The van der Waals surface area contributed by atoms with Crippen LogP contribution in [0.1, 0.15) is 13.8 Å². The summed E-state index contributed by atoms with van der Waals surface area (Å²) in [7, 11) is 0. The second kappa shape index (κ2) is 7.64. The number of hydrogen-bond acceptors (Lipinski definition) is 4. The molecule has 26 heavy (non-hydrogen) atoms. The number of anilines is 2. The molecule has 1 aromatic heterocycles. The third kappa shape index (κ3) is 4.35. The van der Waals surface area contributed by atoms with Crippen molar-refractivity contribution in [1.82, 2.24) is 20.3 Å². The van der Waals surface area contributed by atoms with Crippen LogP contribution >= 0.6 is 0 Å². The molecule has 0 bridgehead atoms. The second-order valence-electron chi connectivity index (χ2n) is 6.11. The van der Waals surface area contributed by atoms with Gasteiger partial charge >= 0.3 is 6.03 Å². The first kappa shape index (κ1) is 17.4. The Bertz CT molecular complexity index is 917. The molecule has 0 atom stereocenters. The minimum atomic E-state index is -0.269. The van der Waals surface area contributed by atoms with Gasteiger partial charge in [-0.1, -0.05) is 17.3 Å². The molecule has 0 saturated heterocycles. The van der Waals surface area contributed by atoms with Gasteiger partial charge in [-0.2, -0.15) is 0 Å². The molecule has 0 aliphatic heterocycles. The van der Waals surface area contributed by atoms with Crippen LogP contribution in [0.3, 0.4) is 0 Å². The number of amides is 3. The second-order valence-corrected chi connectivity index (χ2v) is 6.11. The highest BCUT2D eigenvalue weighted by Crippen LogP contribution is 2.14. The van der Waals surface area contributed by atoms with E-state index < -0.39 is 0 Å². The first-order valence-corrected chi connectivity index (χ1v) is 8.27. The largest absolute Gasteiger partial charge is 0.336 e. The number of benzene rings is 2. The average Bonchev–Trinajstić information content (AvgIpc) is 2.99. The summed E-state index contributed by atoms with van der Waals surface area (Å²) in [6.45, 7) is 3.84. The summed E-state index contributed by atoms with van der Waals surface area (Å²) in [6.07, 6.45) is 0. The molecule has 0 spiro atoms. The maximum absolute atomic E-state index is 12.2. The lowest BCUT2D eigenvalue weighted by Crippen LogP contribution is -2.34. The Hall–Kier alpha value is -3.42. The third-order valence-corrected chi connectivity index (χ3v) is 3.56. The fourth-order valence-electron chi connectivity index (χ4n) is 2.44. The van der Waals surface area contributed by atoms with E-state index in [2.05, 4.69) is 26.3 Å². The molecule has 134 valence electrons. The van der Waals surface area contributed by atoms with Gasteiger partial charge in [0.05, 0.1) is 5.52 Å². The van der Waals surface area contributed by atoms with Crippen molar-refractivity contribution >= 4 is 34.3 Å². The molecule has 3 N–H and O–H groups in total. The van der Waals surface area contributed by atoms with Gasteiger partial charge in [-0.05, 0) is 50.2 Å². The normalized spacial score (nSPS) is 10.7. The van der Waals surface area contributed by atoms with E-state index in [4.69, 9.17) is 0 Å². The molecule has 0 aliphatic carbocycles. The maximum Gasteiger partial charge on any atom is 0.319 e. The zero-order valence-electron chi connectivity index (χ0n) is 14.6. The highest BCUT2D eigenvalue weighted by atomic mass is 16.2. The number of aromatic nitrogens is 3. The lowest BCUT2D eigenvalue weighted by atomic mass is 10.2. The molecule has 1 heterocycles. The van der Waals surface area contributed by atoms with Crippen LogP contribution in [0.15, 0.2) is 48.5 Å². The number of nitrogens with one attached hydrogen (secondary N) is 3. The highest BCUT2D eigenvalue weighted by molar-refractivity contribution is 5.92. The monoisotopic (exact) mass is 352 g/mol. The molecule has 0 saturated carbocycles. The minimum absolute atomic E-state index is 0.0569. The van der Waals surface area contributed by atoms with Crippen LogP contribution in [0.25, 0.3) is 11.0 Å². The van der Waals surface area contributed by atoms with Crippen LogP contribution in [0, 0.1) is 0 Å². The third-order valence-electron chi connectivity index (χ3n) is 3.56. The number of fused-ring (bicyclic) bond motifs is 1. The Morgan fingerprint density at radius 3 is 2.35 bits per heavy atom. The Morgan fingerprint density at radius 1 is 1.00 bits per heavy atom. The summed E-state index contributed by atoms with van der Waals surface area (Å²) in [4.78, 5) is 23.9. The van der Waals surface area contributed by atoms with E-state index in [9.17, 15) is 9.59 Å². The molecular weight excluding hydrogens is 332 g/mol. The Kier molecular flexibility index (Phi) is 5.12. The van der Waals surface area contributed by atoms with Crippen molar-refractivity contribution in [2.24, 2.45) is 0 Å². The number of rotatable bonds is 5. The average molecular weight is 352 g/mol. The fourth-order valence-corrected chi connectivity index (χ4v) is 2.44. The number of hydrogen-bond donors (Lipinski definition) is 3. The van der Waals surface area contributed by atoms with E-state index in [1.165, 1.54) is 0 Å². The molecule has 0 aliphatic rings. The topological polar surface area (TPSA) is 101 Å². The molecule has 8 nitrogen and oxygen atoms in total. The molecule has 0 fully saturated rings. The quantitative estimate of drug-likeness (QED) is 0.657. The van der Waals surface area contributed by atoms with Crippen LogP contribution in [-0.4, -0.2) is 33.0 Å². The van der Waals surface area contributed by atoms with Gasteiger partial charge in [0.1, 0.15) is 12.1 Å². The van der Waals surface area contributed by atoms with Crippen LogP contribution < -0.4 is 16.0 Å². The van der Waals surface area contributed by atoms with Crippen molar-refractivity contribution in [3.63, 3.8) is 0 Å². The standard InChI is InChI=1S/C18H20N6O2/c1-12(2)19-18(26)21-14-9-7-13(8-10-14)20-17(25)11-24-16-6-4-3-5-15(16)22-23-24/h3-10,12H,11H2,1-2H3,(H,20,25)(H2,19,21,26). The van der Waals surface area contributed by atoms with Crippen molar-refractivity contribution in [3.05, 3.63) is 48.5 Å². The highest BCUT2D eigenvalue weighted by Gasteiger charge is 2.09. The summed E-state index contributed by atoms with van der Waals surface area (Å²) < 4.78 is 1.55. The SMILES string of the molecule is CC(C)NC(=O)Nc1ccc(NC(=O)Cn2nnc3ccccc32)cc1. The summed E-state index contributed by atoms with van der Waals surface area (Å²) in [5.41, 5.74) is 2.83. The van der Waals surface area contributed by atoms with E-state index >= 15 is 0 Å². The van der Waals surface area contributed by atoms with E-state index in [1.54, 1.807) is 28.9 Å². The smallest absolute Gasteiger partial charge is 0.319 e. The van der Waals surface area contributed by atoms with Crippen molar-refractivity contribution in [3.8, 4) is 0 Å². The fraction of sp³-hybridized carbons (Fsp3) is 0.222. The van der Waals surface area contributed by atoms with Crippen LogP contribution in [0.5, 0.6) is 0 Å². The lowest BCUT2D eigenvalue weighted by molar-refractivity contribution is -0.116. The molecular formula is C18H20N6O2. The number of urea groups is 1. The summed E-state index contributed by atoms with van der Waals surface area (Å²) >= 11 is 0. The molecule has 8 heteroatoms. The summed E-state index contributed by atoms with van der Waals surface area (Å²) in [5.74, 6) is -0.209. The summed E-state index contributed by atoms with van der Waals surface area (Å²) in [6, 6.07) is 14.1. The first-order chi connectivity index (χ1) is 12.5. The lowest BCUT2D eigenvalue weighted by Gasteiger charge is -2.11. The van der Waals surface area contributed by atoms with E-state index in [-0.39, 0.29) is 24.5 Å². The Balaban J connectivity index is 1.58. The molecule has 2 aromatic carbocycles. The van der Waals surface area contributed by atoms with Crippen molar-refractivity contribution in [2.75, 3.05) is 10.6 Å². The zero-order valence-corrected chi connectivity index (χ0v) is 14.6. The van der Waals surface area contributed by atoms with Crippen molar-refractivity contribution in [2.45, 2.75) is 26.4 Å². The van der Waals surface area contributed by atoms with Gasteiger partial charge in [0, 0.05) is 17.4 Å². The van der Waals surface area contributed by atoms with Crippen LogP contribution in [-0.2, 0) is 11.3 Å². The molecule has 0 radical (unpaired) electrons. The Labute approximate surface area is 150 Å². The van der Waals surface area contributed by atoms with Crippen LogP contribution in [0.4, 0.5) is 16.2 Å². The van der Waals surface area contributed by atoms with Gasteiger partial charge < -0.3 is 16.0 Å². The first-order valence-electron chi connectivity index (χ1n) is 8.27. The molecule has 3 rings (SSSR count). The van der Waals surface area contributed by atoms with Crippen molar-refractivity contribution in [1.29, 1.82) is 0 Å². The van der Waals surface area contributed by atoms with E-state index in [0.717, 1.165) is 11.0 Å². The zero-order chi connectivity index (χ0) is 18.5. The van der Waals surface area contributed by atoms with Crippen molar-refractivity contribution < 1.29 is 9.59 Å². The number of para-hydroxylation sites is 1. The summed E-state index contributed by atoms with van der Waals surface area (Å²) in [5, 5.41) is 16.3. The maximum atomic E-state index is 12.2. The number of carbonyl (C=O) groups is 2. The minimum Gasteiger partial charge on any atom is -0.336 e. The van der Waals surface area contributed by atoms with Gasteiger partial charge in [-0.15, -0.1) is 5.10 Å². The van der Waals surface area contributed by atoms with Gasteiger partial charge in [0.25, 0.3) is 0 Å². The predicted molar refractivity (Wildman–Crippen MR) is 99.9 cm³/mol. The van der Waals surface area contributed by atoms with Gasteiger partial charge in [-0.25, -0.2) is 9.48 Å².